The van der Waals surface area contributed by atoms with Gasteiger partial charge in [0, 0.05) is 38.3 Å². The smallest absolute Gasteiger partial charge is 0.322 e. The summed E-state index contributed by atoms with van der Waals surface area (Å²) in [4.78, 5) is 49.1. The molecule has 0 aromatic carbocycles. The Balaban J connectivity index is 1.36. The number of carbonyl (C=O) groups excluding carboxylic acids is 3. The van der Waals surface area contributed by atoms with Gasteiger partial charge in [0.15, 0.2) is 0 Å². The van der Waals surface area contributed by atoms with E-state index in [1.165, 1.54) is 0 Å². The summed E-state index contributed by atoms with van der Waals surface area (Å²) < 4.78 is 0. The van der Waals surface area contributed by atoms with Crippen molar-refractivity contribution in [2.75, 3.05) is 24.5 Å². The predicted octanol–water partition coefficient (Wildman–Crippen LogP) is 0.936. The molecule has 3 aliphatic rings. The molecule has 4 amide bonds. The number of aromatic nitrogens is 2. The quantitative estimate of drug-likeness (QED) is 0.556. The Morgan fingerprint density at radius 1 is 1.36 bits per heavy atom. The summed E-state index contributed by atoms with van der Waals surface area (Å²) in [5, 5.41) is 5.48. The van der Waals surface area contributed by atoms with Crippen molar-refractivity contribution < 1.29 is 14.4 Å². The molecule has 2 N–H and O–H groups in total. The van der Waals surface area contributed by atoms with Crippen molar-refractivity contribution in [1.82, 2.24) is 25.5 Å². The van der Waals surface area contributed by atoms with Crippen LogP contribution in [0.4, 0.5) is 10.7 Å². The van der Waals surface area contributed by atoms with Crippen LogP contribution in [0.25, 0.3) is 0 Å². The number of imide groups is 1. The highest BCUT2D eigenvalue weighted by atomic mass is 35.5. The van der Waals surface area contributed by atoms with Gasteiger partial charge in [0.1, 0.15) is 10.7 Å². The molecule has 1 aliphatic carbocycles. The third-order valence-corrected chi connectivity index (χ3v) is 6.03. The van der Waals surface area contributed by atoms with Crippen LogP contribution in [-0.4, -0.2) is 63.9 Å². The zero-order chi connectivity index (χ0) is 19.9. The topological polar surface area (TPSA) is 108 Å². The van der Waals surface area contributed by atoms with Crippen molar-refractivity contribution >= 4 is 35.4 Å². The Morgan fingerprint density at radius 3 is 2.75 bits per heavy atom. The average Bonchev–Trinajstić information content (AvgIpc) is 3.46. The number of amides is 4. The van der Waals surface area contributed by atoms with Gasteiger partial charge in [-0.2, -0.15) is 0 Å². The molecule has 0 radical (unpaired) electrons. The maximum absolute atomic E-state index is 12.8. The van der Waals surface area contributed by atoms with E-state index in [0.29, 0.717) is 37.2 Å². The highest BCUT2D eigenvalue weighted by Crippen LogP contribution is 2.43. The monoisotopic (exact) mass is 406 g/mol. The van der Waals surface area contributed by atoms with Crippen LogP contribution >= 0.6 is 11.6 Å². The summed E-state index contributed by atoms with van der Waals surface area (Å²) in [5.74, 6) is 0.379. The van der Waals surface area contributed by atoms with Gasteiger partial charge >= 0.3 is 6.03 Å². The first-order valence-electron chi connectivity index (χ1n) is 9.55. The number of nitrogens with one attached hydrogen (secondary N) is 2. The molecule has 1 saturated carbocycles. The van der Waals surface area contributed by atoms with Crippen molar-refractivity contribution in [2.45, 2.75) is 44.2 Å². The van der Waals surface area contributed by atoms with E-state index in [9.17, 15) is 14.4 Å². The van der Waals surface area contributed by atoms with Crippen LogP contribution in [0.3, 0.4) is 0 Å². The first-order chi connectivity index (χ1) is 13.4. The number of piperazine rings is 1. The van der Waals surface area contributed by atoms with Crippen LogP contribution < -0.4 is 15.5 Å². The average molecular weight is 407 g/mol. The first kappa shape index (κ1) is 18.9. The highest BCUT2D eigenvalue weighted by molar-refractivity contribution is 6.29. The van der Waals surface area contributed by atoms with E-state index in [1.807, 2.05) is 11.8 Å². The fourth-order valence-corrected chi connectivity index (χ4v) is 4.29. The lowest BCUT2D eigenvalue weighted by molar-refractivity contribution is -0.133. The molecular formula is C18H23ClN6O3. The standard InChI is InChI=1S/C18H23ClN6O3/c1-11-10-24(8-9-25(11)16-20-7-5-13(19)21-16)14(26)4-6-18(12-2-3-12)15(27)22-17(28)23-18/h5,7,11-12H,2-4,6,8-10H2,1H3,(H2,22,23,27,28)/t11-,18?/m0/s1. The van der Waals surface area contributed by atoms with Crippen LogP contribution in [0.2, 0.25) is 5.15 Å². The molecule has 10 heteroatoms. The van der Waals surface area contributed by atoms with Crippen LogP contribution in [0.1, 0.15) is 32.6 Å². The lowest BCUT2D eigenvalue weighted by Gasteiger charge is -2.40. The molecule has 0 spiro atoms. The molecule has 1 unspecified atom stereocenters. The van der Waals surface area contributed by atoms with Crippen LogP contribution in [-0.2, 0) is 9.59 Å². The fourth-order valence-electron chi connectivity index (χ4n) is 4.16. The normalized spacial score (nSPS) is 27.6. The van der Waals surface area contributed by atoms with Crippen molar-refractivity contribution in [3.8, 4) is 0 Å². The molecule has 2 aliphatic heterocycles. The minimum atomic E-state index is -0.922. The molecule has 1 aromatic heterocycles. The summed E-state index contributed by atoms with van der Waals surface area (Å²) in [6.07, 6.45) is 3.98. The second-order valence-corrected chi connectivity index (χ2v) is 8.10. The van der Waals surface area contributed by atoms with Crippen LogP contribution in [0, 0.1) is 5.92 Å². The molecular weight excluding hydrogens is 384 g/mol. The second-order valence-electron chi connectivity index (χ2n) is 7.72. The molecule has 2 saturated heterocycles. The third-order valence-electron chi connectivity index (χ3n) is 5.82. The first-order valence-corrected chi connectivity index (χ1v) is 9.93. The molecule has 3 fully saturated rings. The molecule has 1 aromatic rings. The number of carbonyl (C=O) groups is 3. The van der Waals surface area contributed by atoms with E-state index < -0.39 is 11.6 Å². The summed E-state index contributed by atoms with van der Waals surface area (Å²) in [6.45, 7) is 3.72. The minimum Gasteiger partial charge on any atom is -0.339 e. The Labute approximate surface area is 167 Å². The van der Waals surface area contributed by atoms with Crippen molar-refractivity contribution in [2.24, 2.45) is 5.92 Å². The summed E-state index contributed by atoms with van der Waals surface area (Å²) in [6, 6.07) is 1.21. The second kappa shape index (κ2) is 7.20. The highest BCUT2D eigenvalue weighted by Gasteiger charge is 2.55. The van der Waals surface area contributed by atoms with Crippen molar-refractivity contribution in [3.63, 3.8) is 0 Å². The molecule has 150 valence electrons. The number of hydrogen-bond acceptors (Lipinski definition) is 6. The summed E-state index contributed by atoms with van der Waals surface area (Å²) in [7, 11) is 0. The van der Waals surface area contributed by atoms with E-state index in [2.05, 4.69) is 20.6 Å². The van der Waals surface area contributed by atoms with Gasteiger partial charge in [0.05, 0.1) is 0 Å². The predicted molar refractivity (Wildman–Crippen MR) is 102 cm³/mol. The lowest BCUT2D eigenvalue weighted by atomic mass is 9.87. The maximum atomic E-state index is 12.8. The summed E-state index contributed by atoms with van der Waals surface area (Å²) in [5.41, 5.74) is -0.922. The van der Waals surface area contributed by atoms with E-state index in [1.54, 1.807) is 17.2 Å². The Hall–Kier alpha value is -2.42. The van der Waals surface area contributed by atoms with Gasteiger partial charge < -0.3 is 15.1 Å². The molecule has 2 atom stereocenters. The van der Waals surface area contributed by atoms with E-state index in [4.69, 9.17) is 11.6 Å². The lowest BCUT2D eigenvalue weighted by Crippen LogP contribution is -2.55. The number of hydrogen-bond donors (Lipinski definition) is 2. The number of nitrogens with zero attached hydrogens (tertiary/aromatic N) is 4. The van der Waals surface area contributed by atoms with E-state index >= 15 is 0 Å². The zero-order valence-electron chi connectivity index (χ0n) is 15.7. The molecule has 4 rings (SSSR count). The molecule has 3 heterocycles. The largest absolute Gasteiger partial charge is 0.339 e. The zero-order valence-corrected chi connectivity index (χ0v) is 16.4. The van der Waals surface area contributed by atoms with Crippen LogP contribution in [0.15, 0.2) is 12.3 Å². The van der Waals surface area contributed by atoms with E-state index in [0.717, 1.165) is 12.8 Å². The number of anilines is 1. The van der Waals surface area contributed by atoms with Crippen molar-refractivity contribution in [3.05, 3.63) is 17.4 Å². The molecule has 0 bridgehead atoms. The number of urea groups is 1. The van der Waals surface area contributed by atoms with Gasteiger partial charge in [0.25, 0.3) is 5.91 Å². The van der Waals surface area contributed by atoms with Crippen molar-refractivity contribution in [1.29, 1.82) is 0 Å². The fraction of sp³-hybridized carbons (Fsp3) is 0.611. The molecule has 9 nitrogen and oxygen atoms in total. The number of rotatable bonds is 5. The number of halogens is 1. The summed E-state index contributed by atoms with van der Waals surface area (Å²) >= 11 is 5.96. The van der Waals surface area contributed by atoms with Crippen LogP contribution in [0.5, 0.6) is 0 Å². The van der Waals surface area contributed by atoms with Gasteiger partial charge in [-0.3, -0.25) is 14.9 Å². The molecule has 28 heavy (non-hydrogen) atoms. The van der Waals surface area contributed by atoms with Gasteiger partial charge in [-0.05, 0) is 38.2 Å². The Kier molecular flexibility index (Phi) is 4.86. The van der Waals surface area contributed by atoms with Gasteiger partial charge in [0.2, 0.25) is 11.9 Å². The Bertz CT molecular complexity index is 816. The van der Waals surface area contributed by atoms with Gasteiger partial charge in [-0.25, -0.2) is 14.8 Å². The maximum Gasteiger partial charge on any atom is 0.322 e. The SMILES string of the molecule is C[C@H]1CN(C(=O)CCC2(C3CC3)NC(=O)NC2=O)CCN1c1nccc(Cl)n1. The Morgan fingerprint density at radius 2 is 2.14 bits per heavy atom. The minimum absolute atomic E-state index is 0.00696. The van der Waals surface area contributed by atoms with Gasteiger partial charge in [-0.15, -0.1) is 0 Å². The van der Waals surface area contributed by atoms with Gasteiger partial charge in [-0.1, -0.05) is 11.6 Å². The van der Waals surface area contributed by atoms with E-state index in [-0.39, 0.29) is 30.2 Å². The third kappa shape index (κ3) is 3.50.